The molecule has 0 fully saturated rings. The number of amides is 1. The van der Waals surface area contributed by atoms with E-state index < -0.39 is 0 Å². The summed E-state index contributed by atoms with van der Waals surface area (Å²) in [5.74, 6) is 1.30. The summed E-state index contributed by atoms with van der Waals surface area (Å²) < 4.78 is 10.5. The van der Waals surface area contributed by atoms with Crippen molar-refractivity contribution < 1.29 is 14.3 Å². The molecule has 0 bridgehead atoms. The molecule has 1 rings (SSSR count). The molecular weight excluding hydrogens is 194 g/mol. The first-order valence-corrected chi connectivity index (χ1v) is 4.82. The summed E-state index contributed by atoms with van der Waals surface area (Å²) in [6, 6.07) is 7.16. The summed E-state index contributed by atoms with van der Waals surface area (Å²) in [6.45, 7) is 2.60. The van der Waals surface area contributed by atoms with Gasteiger partial charge < -0.3 is 14.8 Å². The third kappa shape index (κ3) is 3.89. The van der Waals surface area contributed by atoms with Gasteiger partial charge in [-0.15, -0.1) is 0 Å². The summed E-state index contributed by atoms with van der Waals surface area (Å²) in [5.41, 5.74) is 0. The van der Waals surface area contributed by atoms with Gasteiger partial charge in [-0.1, -0.05) is 0 Å². The van der Waals surface area contributed by atoms with Crippen LogP contribution in [0.25, 0.3) is 0 Å². The second-order valence-electron chi connectivity index (χ2n) is 2.87. The van der Waals surface area contributed by atoms with Crippen molar-refractivity contribution >= 4 is 5.91 Å². The van der Waals surface area contributed by atoms with Gasteiger partial charge in [0.05, 0.1) is 6.61 Å². The maximum absolute atomic E-state index is 10.9. The molecule has 0 spiro atoms. The zero-order valence-corrected chi connectivity index (χ0v) is 8.95. The fourth-order valence-corrected chi connectivity index (χ4v) is 1.02. The molecule has 0 aromatic heterocycles. The number of carbonyl (C=O) groups is 1. The lowest BCUT2D eigenvalue weighted by Crippen LogP contribution is -2.24. The standard InChI is InChI=1S/C11H15NO3/c1-3-14-9-4-6-10(7-5-9)15-8-11(13)12-2/h4-7H,3,8H2,1-2H3,(H,12,13). The molecule has 0 saturated carbocycles. The van der Waals surface area contributed by atoms with Gasteiger partial charge in [-0.25, -0.2) is 0 Å². The Kier molecular flexibility index (Phi) is 4.47. The van der Waals surface area contributed by atoms with Crippen molar-refractivity contribution in [2.24, 2.45) is 0 Å². The van der Waals surface area contributed by atoms with E-state index >= 15 is 0 Å². The fraction of sp³-hybridized carbons (Fsp3) is 0.364. The van der Waals surface area contributed by atoms with Gasteiger partial charge in [0, 0.05) is 7.05 Å². The van der Waals surface area contributed by atoms with E-state index in [4.69, 9.17) is 9.47 Å². The number of carbonyl (C=O) groups excluding carboxylic acids is 1. The third-order valence-electron chi connectivity index (χ3n) is 1.78. The van der Waals surface area contributed by atoms with Crippen LogP contribution in [-0.4, -0.2) is 26.2 Å². The van der Waals surface area contributed by atoms with Crippen molar-refractivity contribution in [3.63, 3.8) is 0 Å². The molecule has 0 aliphatic carbocycles. The van der Waals surface area contributed by atoms with E-state index in [0.29, 0.717) is 12.4 Å². The molecule has 1 aromatic carbocycles. The molecule has 0 aliphatic heterocycles. The molecule has 0 unspecified atom stereocenters. The monoisotopic (exact) mass is 209 g/mol. The molecule has 4 heteroatoms. The second kappa shape index (κ2) is 5.90. The first-order valence-electron chi connectivity index (χ1n) is 4.82. The zero-order valence-electron chi connectivity index (χ0n) is 8.95. The van der Waals surface area contributed by atoms with E-state index in [9.17, 15) is 4.79 Å². The molecule has 82 valence electrons. The van der Waals surface area contributed by atoms with Crippen LogP contribution in [-0.2, 0) is 4.79 Å². The molecule has 0 saturated heterocycles. The number of hydrogen-bond acceptors (Lipinski definition) is 3. The van der Waals surface area contributed by atoms with Gasteiger partial charge >= 0.3 is 0 Å². The van der Waals surface area contributed by atoms with Crippen LogP contribution in [0.4, 0.5) is 0 Å². The maximum Gasteiger partial charge on any atom is 0.257 e. The molecule has 1 amide bonds. The van der Waals surface area contributed by atoms with Crippen molar-refractivity contribution in [2.75, 3.05) is 20.3 Å². The molecule has 0 heterocycles. The highest BCUT2D eigenvalue weighted by Crippen LogP contribution is 2.17. The molecule has 1 N–H and O–H groups in total. The van der Waals surface area contributed by atoms with Crippen molar-refractivity contribution in [2.45, 2.75) is 6.92 Å². The predicted molar refractivity (Wildman–Crippen MR) is 57.2 cm³/mol. The highest BCUT2D eigenvalue weighted by molar-refractivity contribution is 5.77. The quantitative estimate of drug-likeness (QED) is 0.793. The van der Waals surface area contributed by atoms with Gasteiger partial charge in [0.15, 0.2) is 6.61 Å². The molecule has 0 atom stereocenters. The summed E-state index contributed by atoms with van der Waals surface area (Å²) in [5, 5.41) is 2.48. The Balaban J connectivity index is 2.45. The van der Waals surface area contributed by atoms with Gasteiger partial charge in [0.1, 0.15) is 11.5 Å². The number of rotatable bonds is 5. The Morgan fingerprint density at radius 3 is 2.20 bits per heavy atom. The third-order valence-corrected chi connectivity index (χ3v) is 1.78. The lowest BCUT2D eigenvalue weighted by Gasteiger charge is -2.06. The van der Waals surface area contributed by atoms with E-state index in [1.54, 1.807) is 19.2 Å². The smallest absolute Gasteiger partial charge is 0.257 e. The lowest BCUT2D eigenvalue weighted by molar-refractivity contribution is -0.122. The molecule has 4 nitrogen and oxygen atoms in total. The van der Waals surface area contributed by atoms with Crippen molar-refractivity contribution in [3.05, 3.63) is 24.3 Å². The van der Waals surface area contributed by atoms with Crippen LogP contribution in [0.2, 0.25) is 0 Å². The zero-order chi connectivity index (χ0) is 11.1. The minimum Gasteiger partial charge on any atom is -0.494 e. The van der Waals surface area contributed by atoms with Gasteiger partial charge in [-0.3, -0.25) is 4.79 Å². The highest BCUT2D eigenvalue weighted by Gasteiger charge is 1.99. The van der Waals surface area contributed by atoms with Crippen molar-refractivity contribution in [3.8, 4) is 11.5 Å². The minimum absolute atomic E-state index is 0.0322. The van der Waals surface area contributed by atoms with Crippen molar-refractivity contribution in [1.29, 1.82) is 0 Å². The Hall–Kier alpha value is -1.71. The van der Waals surface area contributed by atoms with Crippen molar-refractivity contribution in [1.82, 2.24) is 5.32 Å². The van der Waals surface area contributed by atoms with Crippen LogP contribution in [0.3, 0.4) is 0 Å². The molecule has 15 heavy (non-hydrogen) atoms. The van der Waals surface area contributed by atoms with E-state index in [0.717, 1.165) is 5.75 Å². The molecule has 0 aliphatic rings. The predicted octanol–water partition coefficient (Wildman–Crippen LogP) is 1.21. The van der Waals surface area contributed by atoms with Gasteiger partial charge in [0.25, 0.3) is 5.91 Å². The van der Waals surface area contributed by atoms with E-state index in [1.807, 2.05) is 19.1 Å². The number of benzene rings is 1. The number of hydrogen-bond donors (Lipinski definition) is 1. The molecule has 1 aromatic rings. The van der Waals surface area contributed by atoms with Crippen LogP contribution < -0.4 is 14.8 Å². The largest absolute Gasteiger partial charge is 0.494 e. The first kappa shape index (κ1) is 11.4. The van der Waals surface area contributed by atoms with E-state index in [1.165, 1.54) is 0 Å². The topological polar surface area (TPSA) is 47.6 Å². The first-order chi connectivity index (χ1) is 7.26. The summed E-state index contributed by atoms with van der Waals surface area (Å²) >= 11 is 0. The van der Waals surface area contributed by atoms with Gasteiger partial charge in [0.2, 0.25) is 0 Å². The van der Waals surface area contributed by atoms with Gasteiger partial charge in [-0.2, -0.15) is 0 Å². The summed E-state index contributed by atoms with van der Waals surface area (Å²) in [7, 11) is 1.57. The number of ether oxygens (including phenoxy) is 2. The summed E-state index contributed by atoms with van der Waals surface area (Å²) in [4.78, 5) is 10.9. The number of nitrogens with one attached hydrogen (secondary N) is 1. The van der Waals surface area contributed by atoms with Crippen LogP contribution >= 0.6 is 0 Å². The number of likely N-dealkylation sites (N-methyl/N-ethyl adjacent to an activating group) is 1. The highest BCUT2D eigenvalue weighted by atomic mass is 16.5. The Bertz CT molecular complexity index is 308. The van der Waals surface area contributed by atoms with E-state index in [-0.39, 0.29) is 12.5 Å². The molecular formula is C11H15NO3. The van der Waals surface area contributed by atoms with Gasteiger partial charge in [-0.05, 0) is 31.2 Å². The summed E-state index contributed by atoms with van der Waals surface area (Å²) in [6.07, 6.45) is 0. The SMILES string of the molecule is CCOc1ccc(OCC(=O)NC)cc1. The van der Waals surface area contributed by atoms with Crippen LogP contribution in [0.15, 0.2) is 24.3 Å². The Morgan fingerprint density at radius 2 is 1.73 bits per heavy atom. The average molecular weight is 209 g/mol. The Labute approximate surface area is 89.2 Å². The lowest BCUT2D eigenvalue weighted by atomic mass is 10.3. The van der Waals surface area contributed by atoms with Crippen LogP contribution in [0.5, 0.6) is 11.5 Å². The minimum atomic E-state index is -0.149. The Morgan fingerprint density at radius 1 is 1.20 bits per heavy atom. The average Bonchev–Trinajstić information content (AvgIpc) is 2.28. The molecule has 0 radical (unpaired) electrons. The van der Waals surface area contributed by atoms with Crippen LogP contribution in [0.1, 0.15) is 6.92 Å². The second-order valence-corrected chi connectivity index (χ2v) is 2.87. The maximum atomic E-state index is 10.9. The van der Waals surface area contributed by atoms with E-state index in [2.05, 4.69) is 5.32 Å². The van der Waals surface area contributed by atoms with Crippen LogP contribution in [0, 0.1) is 0 Å². The fourth-order valence-electron chi connectivity index (χ4n) is 1.02. The normalized spacial score (nSPS) is 9.47.